The summed E-state index contributed by atoms with van der Waals surface area (Å²) < 4.78 is 0. The maximum Gasteiger partial charge on any atom is 0.133 e. The minimum atomic E-state index is -0.508. The van der Waals surface area contributed by atoms with Crippen LogP contribution in [0.2, 0.25) is 0 Å². The summed E-state index contributed by atoms with van der Waals surface area (Å²) >= 11 is 0. The maximum atomic E-state index is 10.0. The number of rotatable bonds is 5. The first-order chi connectivity index (χ1) is 9.12. The number of nitrogens with zero attached hydrogens (tertiary/aromatic N) is 2. The minimum Gasteiger partial charge on any atom is -0.390 e. The van der Waals surface area contributed by atoms with Crippen molar-refractivity contribution in [1.82, 2.24) is 10.3 Å². The summed E-state index contributed by atoms with van der Waals surface area (Å²) in [7, 11) is 0. The van der Waals surface area contributed by atoms with Crippen LogP contribution in [0.5, 0.6) is 0 Å². The third kappa shape index (κ3) is 3.91. The lowest BCUT2D eigenvalue weighted by Gasteiger charge is -2.37. The smallest absolute Gasteiger partial charge is 0.133 e. The van der Waals surface area contributed by atoms with E-state index in [1.165, 1.54) is 5.56 Å². The van der Waals surface area contributed by atoms with Gasteiger partial charge < -0.3 is 15.3 Å². The zero-order valence-electron chi connectivity index (χ0n) is 12.0. The van der Waals surface area contributed by atoms with Crippen molar-refractivity contribution in [1.29, 1.82) is 0 Å². The number of hydrogen-bond donors (Lipinski definition) is 2. The third-order valence-corrected chi connectivity index (χ3v) is 3.75. The average molecular weight is 263 g/mol. The van der Waals surface area contributed by atoms with Gasteiger partial charge in [0.05, 0.1) is 5.60 Å². The monoisotopic (exact) mass is 263 g/mol. The Balaban J connectivity index is 2.03. The van der Waals surface area contributed by atoms with Crippen LogP contribution in [-0.2, 0) is 6.54 Å². The van der Waals surface area contributed by atoms with Crippen molar-refractivity contribution < 1.29 is 5.11 Å². The van der Waals surface area contributed by atoms with Crippen molar-refractivity contribution in [3.8, 4) is 0 Å². The molecular weight excluding hydrogens is 238 g/mol. The molecule has 0 atom stereocenters. The molecule has 0 bridgehead atoms. The van der Waals surface area contributed by atoms with Gasteiger partial charge in [0.1, 0.15) is 5.82 Å². The maximum absolute atomic E-state index is 10.0. The Morgan fingerprint density at radius 2 is 2.16 bits per heavy atom. The van der Waals surface area contributed by atoms with Gasteiger partial charge in [0.25, 0.3) is 0 Å². The van der Waals surface area contributed by atoms with Crippen molar-refractivity contribution in [3.63, 3.8) is 0 Å². The van der Waals surface area contributed by atoms with Gasteiger partial charge in [-0.15, -0.1) is 0 Å². The molecule has 0 aromatic carbocycles. The Morgan fingerprint density at radius 1 is 1.42 bits per heavy atom. The van der Waals surface area contributed by atoms with Crippen LogP contribution in [0.4, 0.5) is 5.82 Å². The van der Waals surface area contributed by atoms with Gasteiger partial charge in [-0.1, -0.05) is 13.0 Å². The summed E-state index contributed by atoms with van der Waals surface area (Å²) in [6.07, 6.45) is 4.62. The molecule has 0 radical (unpaired) electrons. The van der Waals surface area contributed by atoms with Gasteiger partial charge in [-0.2, -0.15) is 0 Å². The van der Waals surface area contributed by atoms with E-state index in [1.54, 1.807) is 0 Å². The fourth-order valence-corrected chi connectivity index (χ4v) is 2.45. The summed E-state index contributed by atoms with van der Waals surface area (Å²) in [5.74, 6) is 1.07. The lowest BCUT2D eigenvalue weighted by Crippen LogP contribution is -2.43. The van der Waals surface area contributed by atoms with E-state index >= 15 is 0 Å². The van der Waals surface area contributed by atoms with E-state index in [0.717, 1.165) is 51.3 Å². The van der Waals surface area contributed by atoms with Gasteiger partial charge in [0.15, 0.2) is 0 Å². The fraction of sp³-hybridized carbons (Fsp3) is 0.667. The van der Waals surface area contributed by atoms with E-state index in [0.29, 0.717) is 0 Å². The van der Waals surface area contributed by atoms with E-state index in [2.05, 4.69) is 28.2 Å². The highest BCUT2D eigenvalue weighted by Crippen LogP contribution is 2.26. The molecule has 19 heavy (non-hydrogen) atoms. The van der Waals surface area contributed by atoms with Gasteiger partial charge in [-0.05, 0) is 38.8 Å². The number of aromatic nitrogens is 1. The first kappa shape index (κ1) is 14.3. The average Bonchev–Trinajstić information content (AvgIpc) is 2.40. The van der Waals surface area contributed by atoms with E-state index in [-0.39, 0.29) is 0 Å². The van der Waals surface area contributed by atoms with Crippen LogP contribution in [0.1, 0.15) is 38.7 Å². The number of hydrogen-bond acceptors (Lipinski definition) is 4. The van der Waals surface area contributed by atoms with Crippen molar-refractivity contribution in [2.75, 3.05) is 24.5 Å². The van der Waals surface area contributed by atoms with Gasteiger partial charge in [-0.3, -0.25) is 0 Å². The molecular formula is C15H25N3O. The molecule has 2 heterocycles. The second-order valence-corrected chi connectivity index (χ2v) is 5.65. The highest BCUT2D eigenvalue weighted by atomic mass is 16.3. The van der Waals surface area contributed by atoms with Crippen LogP contribution in [0, 0.1) is 0 Å². The number of piperidine rings is 1. The van der Waals surface area contributed by atoms with Crippen LogP contribution in [0.15, 0.2) is 18.3 Å². The van der Waals surface area contributed by atoms with E-state index in [1.807, 2.05) is 19.2 Å². The highest BCUT2D eigenvalue weighted by molar-refractivity contribution is 5.47. The second kappa shape index (κ2) is 6.35. The Bertz CT molecular complexity index is 396. The summed E-state index contributed by atoms with van der Waals surface area (Å²) in [6.45, 7) is 7.75. The van der Waals surface area contributed by atoms with Gasteiger partial charge in [0.2, 0.25) is 0 Å². The zero-order chi connectivity index (χ0) is 13.7. The Morgan fingerprint density at radius 3 is 2.84 bits per heavy atom. The fourth-order valence-electron chi connectivity index (χ4n) is 2.45. The molecule has 2 rings (SSSR count). The molecule has 1 aliphatic rings. The largest absolute Gasteiger partial charge is 0.390 e. The summed E-state index contributed by atoms with van der Waals surface area (Å²) in [4.78, 5) is 6.83. The molecule has 0 spiro atoms. The van der Waals surface area contributed by atoms with Crippen LogP contribution >= 0.6 is 0 Å². The van der Waals surface area contributed by atoms with Crippen molar-refractivity contribution in [2.45, 2.75) is 45.3 Å². The Kier molecular flexibility index (Phi) is 4.77. The molecule has 1 aromatic rings. The third-order valence-electron chi connectivity index (χ3n) is 3.75. The molecule has 4 nitrogen and oxygen atoms in total. The van der Waals surface area contributed by atoms with E-state index in [9.17, 15) is 5.11 Å². The van der Waals surface area contributed by atoms with E-state index < -0.39 is 5.60 Å². The number of anilines is 1. The lowest BCUT2D eigenvalue weighted by molar-refractivity contribution is 0.0350. The van der Waals surface area contributed by atoms with Crippen LogP contribution in [-0.4, -0.2) is 35.3 Å². The van der Waals surface area contributed by atoms with E-state index in [4.69, 9.17) is 0 Å². The summed E-state index contributed by atoms with van der Waals surface area (Å²) in [5.41, 5.74) is 0.740. The first-order valence-electron chi connectivity index (χ1n) is 7.24. The Hall–Kier alpha value is -1.13. The predicted octanol–water partition coefficient (Wildman–Crippen LogP) is 1.93. The first-order valence-corrected chi connectivity index (χ1v) is 7.24. The molecule has 4 heteroatoms. The number of nitrogens with one attached hydrogen (secondary N) is 1. The molecule has 1 fully saturated rings. The molecule has 0 amide bonds. The van der Waals surface area contributed by atoms with Crippen LogP contribution in [0.3, 0.4) is 0 Å². The second-order valence-electron chi connectivity index (χ2n) is 5.65. The highest BCUT2D eigenvalue weighted by Gasteiger charge is 2.28. The predicted molar refractivity (Wildman–Crippen MR) is 78.3 cm³/mol. The standard InChI is InChI=1S/C15H25N3O/c1-3-8-16-12-13-5-4-9-17-14(13)18-10-6-15(2,19)7-11-18/h4-5,9,16,19H,3,6-8,10-12H2,1-2H3. The molecule has 0 aliphatic carbocycles. The SMILES string of the molecule is CCCNCc1cccnc1N1CCC(C)(O)CC1. The Labute approximate surface area is 115 Å². The zero-order valence-corrected chi connectivity index (χ0v) is 12.0. The number of pyridine rings is 1. The van der Waals surface area contributed by atoms with Crippen molar-refractivity contribution in [3.05, 3.63) is 23.9 Å². The molecule has 0 saturated carbocycles. The summed E-state index contributed by atoms with van der Waals surface area (Å²) in [5, 5.41) is 13.5. The molecule has 2 N–H and O–H groups in total. The van der Waals surface area contributed by atoms with Crippen LogP contribution < -0.4 is 10.2 Å². The van der Waals surface area contributed by atoms with Gasteiger partial charge in [0, 0.05) is 31.4 Å². The summed E-state index contributed by atoms with van der Waals surface area (Å²) in [6, 6.07) is 4.13. The van der Waals surface area contributed by atoms with Crippen LogP contribution in [0.25, 0.3) is 0 Å². The normalized spacial score (nSPS) is 18.6. The topological polar surface area (TPSA) is 48.4 Å². The van der Waals surface area contributed by atoms with Gasteiger partial charge >= 0.3 is 0 Å². The van der Waals surface area contributed by atoms with Crippen molar-refractivity contribution in [2.24, 2.45) is 0 Å². The molecule has 0 unspecified atom stereocenters. The lowest BCUT2D eigenvalue weighted by atomic mass is 9.93. The molecule has 1 aromatic heterocycles. The van der Waals surface area contributed by atoms with Crippen molar-refractivity contribution >= 4 is 5.82 Å². The molecule has 106 valence electrons. The minimum absolute atomic E-state index is 0.508. The molecule has 1 aliphatic heterocycles. The quantitative estimate of drug-likeness (QED) is 0.797. The number of aliphatic hydroxyl groups is 1. The van der Waals surface area contributed by atoms with Gasteiger partial charge in [-0.25, -0.2) is 4.98 Å². The molecule has 1 saturated heterocycles.